The Labute approximate surface area is 136 Å². The smallest absolute Gasteiger partial charge is 0.394 e. The van der Waals surface area contributed by atoms with E-state index in [0.717, 1.165) is 10.8 Å². The zero-order chi connectivity index (χ0) is 17.1. The molecule has 3 nitrogen and oxygen atoms in total. The SMILES string of the molecule is Cc1noc([C@H]2C[C@]2(c2ccc3ccccc3c2)C(F)(F)F)c1N. The van der Waals surface area contributed by atoms with Crippen molar-refractivity contribution in [3.8, 4) is 0 Å². The lowest BCUT2D eigenvalue weighted by Gasteiger charge is -2.22. The molecule has 0 amide bonds. The largest absolute Gasteiger partial charge is 0.399 e. The minimum absolute atomic E-state index is 0.0757. The van der Waals surface area contributed by atoms with Crippen LogP contribution in [0.25, 0.3) is 10.8 Å². The quantitative estimate of drug-likeness (QED) is 0.739. The Kier molecular flexibility index (Phi) is 2.98. The minimum Gasteiger partial charge on any atom is -0.394 e. The number of nitrogens with zero attached hydrogens (tertiary/aromatic N) is 1. The molecular formula is C18H15F3N2O. The summed E-state index contributed by atoms with van der Waals surface area (Å²) in [7, 11) is 0. The first kappa shape index (κ1) is 15.1. The molecule has 1 fully saturated rings. The van der Waals surface area contributed by atoms with Gasteiger partial charge in [0.05, 0.1) is 5.69 Å². The third kappa shape index (κ3) is 1.95. The van der Waals surface area contributed by atoms with Gasteiger partial charge in [0, 0.05) is 5.92 Å². The van der Waals surface area contributed by atoms with Crippen LogP contribution in [0.15, 0.2) is 47.0 Å². The van der Waals surface area contributed by atoms with E-state index in [0.29, 0.717) is 5.69 Å². The number of nitrogen functional groups attached to an aromatic ring is 1. The lowest BCUT2D eigenvalue weighted by molar-refractivity contribution is -0.162. The van der Waals surface area contributed by atoms with Gasteiger partial charge in [0.1, 0.15) is 11.1 Å². The van der Waals surface area contributed by atoms with E-state index in [4.69, 9.17) is 10.3 Å². The van der Waals surface area contributed by atoms with Crippen molar-refractivity contribution in [3.63, 3.8) is 0 Å². The predicted molar refractivity (Wildman–Crippen MR) is 84.7 cm³/mol. The summed E-state index contributed by atoms with van der Waals surface area (Å²) in [6.45, 7) is 1.62. The molecule has 2 N–H and O–H groups in total. The molecule has 124 valence electrons. The molecule has 1 aliphatic rings. The van der Waals surface area contributed by atoms with E-state index in [1.165, 1.54) is 0 Å². The van der Waals surface area contributed by atoms with E-state index in [-0.39, 0.29) is 23.4 Å². The summed E-state index contributed by atoms with van der Waals surface area (Å²) in [6, 6.07) is 12.3. The van der Waals surface area contributed by atoms with Gasteiger partial charge in [-0.15, -0.1) is 0 Å². The van der Waals surface area contributed by atoms with Gasteiger partial charge in [0.25, 0.3) is 0 Å². The third-order valence-electron chi connectivity index (χ3n) is 4.98. The maximum absolute atomic E-state index is 14.0. The summed E-state index contributed by atoms with van der Waals surface area (Å²) in [5, 5.41) is 5.39. The molecule has 0 radical (unpaired) electrons. The molecule has 0 spiro atoms. The fraction of sp³-hybridized carbons (Fsp3) is 0.278. The van der Waals surface area contributed by atoms with Crippen LogP contribution in [0.5, 0.6) is 0 Å². The summed E-state index contributed by atoms with van der Waals surface area (Å²) in [5.41, 5.74) is 4.77. The van der Waals surface area contributed by atoms with Gasteiger partial charge in [-0.1, -0.05) is 47.6 Å². The van der Waals surface area contributed by atoms with Gasteiger partial charge in [0.2, 0.25) is 0 Å². The maximum atomic E-state index is 14.0. The lowest BCUT2D eigenvalue weighted by Crippen LogP contribution is -2.30. The summed E-state index contributed by atoms with van der Waals surface area (Å²) < 4.78 is 47.0. The number of aryl methyl sites for hydroxylation is 1. The fourth-order valence-corrected chi connectivity index (χ4v) is 3.49. The summed E-state index contributed by atoms with van der Waals surface area (Å²) in [5.74, 6) is -0.696. The number of benzene rings is 2. The molecule has 1 aromatic heterocycles. The van der Waals surface area contributed by atoms with Crippen molar-refractivity contribution in [2.45, 2.75) is 30.9 Å². The Morgan fingerprint density at radius 1 is 1.17 bits per heavy atom. The monoisotopic (exact) mass is 332 g/mol. The van der Waals surface area contributed by atoms with Gasteiger partial charge in [-0.2, -0.15) is 13.2 Å². The van der Waals surface area contributed by atoms with Crippen LogP contribution in [0, 0.1) is 6.92 Å². The van der Waals surface area contributed by atoms with Gasteiger partial charge in [-0.25, -0.2) is 0 Å². The number of aromatic nitrogens is 1. The van der Waals surface area contributed by atoms with Crippen molar-refractivity contribution in [3.05, 3.63) is 59.5 Å². The Morgan fingerprint density at radius 2 is 1.88 bits per heavy atom. The highest BCUT2D eigenvalue weighted by Crippen LogP contribution is 2.69. The third-order valence-corrected chi connectivity index (χ3v) is 4.98. The number of anilines is 1. The highest BCUT2D eigenvalue weighted by Gasteiger charge is 2.73. The molecule has 1 aliphatic carbocycles. The summed E-state index contributed by atoms with van der Waals surface area (Å²) >= 11 is 0. The molecule has 0 saturated heterocycles. The second kappa shape index (κ2) is 4.75. The standard InChI is InChI=1S/C18H15F3N2O/c1-10-15(22)16(24-23-10)14-9-17(14,18(19,20)21)13-7-6-11-4-2-3-5-12(11)8-13/h2-8,14H,9,22H2,1H3/t14-,17-/m1/s1. The van der Waals surface area contributed by atoms with E-state index in [2.05, 4.69) is 5.16 Å². The van der Waals surface area contributed by atoms with Crippen LogP contribution < -0.4 is 5.73 Å². The first-order valence-electron chi connectivity index (χ1n) is 7.62. The van der Waals surface area contributed by atoms with E-state index in [1.807, 2.05) is 24.3 Å². The molecule has 0 aliphatic heterocycles. The van der Waals surface area contributed by atoms with Crippen molar-refractivity contribution in [1.82, 2.24) is 5.16 Å². The van der Waals surface area contributed by atoms with Gasteiger partial charge in [-0.3, -0.25) is 0 Å². The first-order chi connectivity index (χ1) is 11.3. The topological polar surface area (TPSA) is 52.0 Å². The zero-order valence-electron chi connectivity index (χ0n) is 12.9. The van der Waals surface area contributed by atoms with E-state index < -0.39 is 17.5 Å². The number of hydrogen-bond donors (Lipinski definition) is 1. The molecule has 2 aromatic carbocycles. The van der Waals surface area contributed by atoms with Crippen molar-refractivity contribution >= 4 is 16.5 Å². The second-order valence-electron chi connectivity index (χ2n) is 6.33. The number of hydrogen-bond acceptors (Lipinski definition) is 3. The van der Waals surface area contributed by atoms with E-state index >= 15 is 0 Å². The highest BCUT2D eigenvalue weighted by atomic mass is 19.4. The number of rotatable bonds is 2. The van der Waals surface area contributed by atoms with Gasteiger partial charge >= 0.3 is 6.18 Å². The normalized spacial score (nSPS) is 23.6. The average Bonchev–Trinajstić information content (AvgIpc) is 3.23. The van der Waals surface area contributed by atoms with Crippen LogP contribution in [0.1, 0.15) is 29.4 Å². The summed E-state index contributed by atoms with van der Waals surface area (Å²) in [4.78, 5) is 0. The molecular weight excluding hydrogens is 317 g/mol. The van der Waals surface area contributed by atoms with Crippen molar-refractivity contribution < 1.29 is 17.7 Å². The Bertz CT molecular complexity index is 931. The number of nitrogens with two attached hydrogens (primary N) is 1. The zero-order valence-corrected chi connectivity index (χ0v) is 12.9. The van der Waals surface area contributed by atoms with Gasteiger partial charge < -0.3 is 10.3 Å². The molecule has 1 heterocycles. The molecule has 2 atom stereocenters. The molecule has 1 saturated carbocycles. The first-order valence-corrected chi connectivity index (χ1v) is 7.62. The molecule has 4 rings (SSSR count). The Morgan fingerprint density at radius 3 is 2.50 bits per heavy atom. The molecule has 24 heavy (non-hydrogen) atoms. The maximum Gasteiger partial charge on any atom is 0.399 e. The van der Waals surface area contributed by atoms with Crippen LogP contribution in [0.4, 0.5) is 18.9 Å². The number of alkyl halides is 3. The number of halogens is 3. The van der Waals surface area contributed by atoms with E-state index in [1.54, 1.807) is 25.1 Å². The second-order valence-corrected chi connectivity index (χ2v) is 6.33. The Hall–Kier alpha value is -2.50. The Balaban J connectivity index is 1.85. The van der Waals surface area contributed by atoms with Crippen LogP contribution in [-0.2, 0) is 5.41 Å². The van der Waals surface area contributed by atoms with Crippen LogP contribution in [0.2, 0.25) is 0 Å². The molecule has 3 aromatic rings. The number of fused-ring (bicyclic) bond motifs is 1. The van der Waals surface area contributed by atoms with Crippen molar-refractivity contribution in [1.29, 1.82) is 0 Å². The van der Waals surface area contributed by atoms with Crippen molar-refractivity contribution in [2.75, 3.05) is 5.73 Å². The molecule has 6 heteroatoms. The van der Waals surface area contributed by atoms with Gasteiger partial charge in [0.15, 0.2) is 5.76 Å². The van der Waals surface area contributed by atoms with Crippen LogP contribution in [-0.4, -0.2) is 11.3 Å². The van der Waals surface area contributed by atoms with Crippen LogP contribution >= 0.6 is 0 Å². The fourth-order valence-electron chi connectivity index (χ4n) is 3.49. The van der Waals surface area contributed by atoms with Gasteiger partial charge in [-0.05, 0) is 29.7 Å². The van der Waals surface area contributed by atoms with E-state index in [9.17, 15) is 13.2 Å². The molecule has 0 unspecified atom stereocenters. The predicted octanol–water partition coefficient (Wildman–Crippen LogP) is 4.71. The summed E-state index contributed by atoms with van der Waals surface area (Å²) in [6.07, 6.45) is -4.47. The molecule has 0 bridgehead atoms. The van der Waals surface area contributed by atoms with Crippen LogP contribution in [0.3, 0.4) is 0 Å². The highest BCUT2D eigenvalue weighted by molar-refractivity contribution is 5.83. The lowest BCUT2D eigenvalue weighted by atomic mass is 9.89. The minimum atomic E-state index is -4.40. The van der Waals surface area contributed by atoms with Crippen molar-refractivity contribution in [2.24, 2.45) is 0 Å². The average molecular weight is 332 g/mol.